The largest absolute Gasteiger partial charge is 0.485 e. The molecule has 2 heterocycles. The van der Waals surface area contributed by atoms with E-state index in [1.807, 2.05) is 30.3 Å². The standard InChI is InChI=1S/C17H15ClN4O2/c1-21-15-8-11(6-7-14(15)19-20-21)17(23)22-9-12(10-22)24-16-5-3-2-4-13(16)18/h2-8,12H,9-10H2,1H3. The average Bonchev–Trinajstić information content (AvgIpc) is 2.92. The average molecular weight is 343 g/mol. The van der Waals surface area contributed by atoms with Gasteiger partial charge in [-0.2, -0.15) is 0 Å². The molecule has 0 saturated carbocycles. The molecule has 2 aromatic carbocycles. The number of likely N-dealkylation sites (tertiary alicyclic amines) is 1. The summed E-state index contributed by atoms with van der Waals surface area (Å²) in [5.74, 6) is 0.635. The van der Waals surface area contributed by atoms with Crippen LogP contribution >= 0.6 is 11.6 Å². The summed E-state index contributed by atoms with van der Waals surface area (Å²) in [7, 11) is 1.81. The molecule has 1 amide bonds. The Bertz CT molecular complexity index is 918. The Kier molecular flexibility index (Phi) is 3.61. The van der Waals surface area contributed by atoms with Gasteiger partial charge in [0.1, 0.15) is 17.4 Å². The Balaban J connectivity index is 1.43. The number of ether oxygens (including phenoxy) is 1. The molecule has 1 fully saturated rings. The molecule has 4 rings (SSSR count). The molecule has 0 spiro atoms. The van der Waals surface area contributed by atoms with Crippen LogP contribution in [-0.4, -0.2) is 45.0 Å². The molecule has 24 heavy (non-hydrogen) atoms. The minimum absolute atomic E-state index is 0.0166. The minimum atomic E-state index is -0.0315. The van der Waals surface area contributed by atoms with Gasteiger partial charge in [-0.15, -0.1) is 5.10 Å². The first-order valence-electron chi connectivity index (χ1n) is 7.62. The fraction of sp³-hybridized carbons (Fsp3) is 0.235. The van der Waals surface area contributed by atoms with Crippen molar-refractivity contribution in [2.24, 2.45) is 7.05 Å². The van der Waals surface area contributed by atoms with Crippen LogP contribution in [0.1, 0.15) is 10.4 Å². The van der Waals surface area contributed by atoms with Crippen LogP contribution < -0.4 is 4.74 Å². The summed E-state index contributed by atoms with van der Waals surface area (Å²) in [5, 5.41) is 8.55. The highest BCUT2D eigenvalue weighted by molar-refractivity contribution is 6.32. The molecule has 1 saturated heterocycles. The number of halogens is 1. The van der Waals surface area contributed by atoms with Crippen molar-refractivity contribution in [3.05, 3.63) is 53.1 Å². The number of hydrogen-bond acceptors (Lipinski definition) is 4. The fourth-order valence-corrected chi connectivity index (χ4v) is 2.92. The van der Waals surface area contributed by atoms with E-state index in [9.17, 15) is 4.79 Å². The van der Waals surface area contributed by atoms with Crippen LogP contribution in [0.25, 0.3) is 11.0 Å². The zero-order valence-electron chi connectivity index (χ0n) is 13.0. The van der Waals surface area contributed by atoms with Gasteiger partial charge >= 0.3 is 0 Å². The number of fused-ring (bicyclic) bond motifs is 1. The van der Waals surface area contributed by atoms with Crippen molar-refractivity contribution < 1.29 is 9.53 Å². The Morgan fingerprint density at radius 1 is 1.25 bits per heavy atom. The van der Waals surface area contributed by atoms with Crippen LogP contribution in [0.2, 0.25) is 5.02 Å². The Morgan fingerprint density at radius 3 is 2.83 bits per heavy atom. The molecule has 0 atom stereocenters. The number of aromatic nitrogens is 3. The number of rotatable bonds is 3. The van der Waals surface area contributed by atoms with Crippen molar-refractivity contribution in [1.82, 2.24) is 19.9 Å². The highest BCUT2D eigenvalue weighted by Crippen LogP contribution is 2.27. The van der Waals surface area contributed by atoms with Crippen LogP contribution in [0.15, 0.2) is 42.5 Å². The van der Waals surface area contributed by atoms with Gasteiger partial charge in [0.05, 0.1) is 23.6 Å². The lowest BCUT2D eigenvalue weighted by Crippen LogP contribution is -2.56. The van der Waals surface area contributed by atoms with Gasteiger partial charge in [0.2, 0.25) is 0 Å². The van der Waals surface area contributed by atoms with E-state index in [2.05, 4.69) is 10.3 Å². The molecule has 7 heteroatoms. The van der Waals surface area contributed by atoms with Crippen LogP contribution in [0.4, 0.5) is 0 Å². The van der Waals surface area contributed by atoms with Gasteiger partial charge in [-0.3, -0.25) is 4.79 Å². The number of carbonyl (C=O) groups excluding carboxylic acids is 1. The van der Waals surface area contributed by atoms with Crippen molar-refractivity contribution in [3.8, 4) is 5.75 Å². The van der Waals surface area contributed by atoms with Crippen molar-refractivity contribution in [2.75, 3.05) is 13.1 Å². The third kappa shape index (κ3) is 2.59. The van der Waals surface area contributed by atoms with Gasteiger partial charge in [-0.05, 0) is 30.3 Å². The topological polar surface area (TPSA) is 60.2 Å². The van der Waals surface area contributed by atoms with E-state index < -0.39 is 0 Å². The molecule has 1 aromatic heterocycles. The normalized spacial score (nSPS) is 14.7. The maximum Gasteiger partial charge on any atom is 0.254 e. The second kappa shape index (κ2) is 5.79. The van der Waals surface area contributed by atoms with E-state index in [0.717, 1.165) is 11.0 Å². The summed E-state index contributed by atoms with van der Waals surface area (Å²) in [6.07, 6.45) is -0.0315. The van der Waals surface area contributed by atoms with E-state index in [4.69, 9.17) is 16.3 Å². The van der Waals surface area contributed by atoms with Crippen molar-refractivity contribution >= 4 is 28.5 Å². The fourth-order valence-electron chi connectivity index (χ4n) is 2.74. The van der Waals surface area contributed by atoms with Gasteiger partial charge in [0.25, 0.3) is 5.91 Å². The first kappa shape index (κ1) is 15.0. The zero-order chi connectivity index (χ0) is 16.7. The second-order valence-electron chi connectivity index (χ2n) is 5.80. The molecular weight excluding hydrogens is 328 g/mol. The predicted octanol–water partition coefficient (Wildman–Crippen LogP) is 2.53. The molecule has 122 valence electrons. The first-order valence-corrected chi connectivity index (χ1v) is 7.99. The molecule has 0 radical (unpaired) electrons. The Hall–Kier alpha value is -2.60. The Labute approximate surface area is 143 Å². The lowest BCUT2D eigenvalue weighted by Gasteiger charge is -2.39. The minimum Gasteiger partial charge on any atom is -0.485 e. The van der Waals surface area contributed by atoms with Gasteiger partial charge in [-0.1, -0.05) is 28.9 Å². The molecule has 6 nitrogen and oxygen atoms in total. The lowest BCUT2D eigenvalue weighted by molar-refractivity contribution is 0.0178. The number of para-hydroxylation sites is 1. The number of hydrogen-bond donors (Lipinski definition) is 0. The Morgan fingerprint density at radius 2 is 2.04 bits per heavy atom. The van der Waals surface area contributed by atoms with Gasteiger partial charge in [0, 0.05) is 12.6 Å². The maximum atomic E-state index is 12.6. The SMILES string of the molecule is Cn1nnc2ccc(C(=O)N3CC(Oc4ccccc4Cl)C3)cc21. The summed E-state index contributed by atoms with van der Waals surface area (Å²) < 4.78 is 7.48. The quantitative estimate of drug-likeness (QED) is 0.734. The van der Waals surface area contributed by atoms with Gasteiger partial charge in [0.15, 0.2) is 0 Å². The van der Waals surface area contributed by atoms with Crippen LogP contribution in [0.3, 0.4) is 0 Å². The van der Waals surface area contributed by atoms with Crippen LogP contribution in [0.5, 0.6) is 5.75 Å². The molecule has 0 bridgehead atoms. The third-order valence-corrected chi connectivity index (χ3v) is 4.44. The molecule has 1 aliphatic rings. The number of benzene rings is 2. The third-order valence-electron chi connectivity index (χ3n) is 4.12. The van der Waals surface area contributed by atoms with Gasteiger partial charge in [-0.25, -0.2) is 4.68 Å². The van der Waals surface area contributed by atoms with Crippen molar-refractivity contribution in [3.63, 3.8) is 0 Å². The van der Waals surface area contributed by atoms with Crippen molar-refractivity contribution in [2.45, 2.75) is 6.10 Å². The summed E-state index contributed by atoms with van der Waals surface area (Å²) in [6.45, 7) is 1.09. The molecule has 1 aliphatic heterocycles. The molecular formula is C17H15ClN4O2. The van der Waals surface area contributed by atoms with Crippen LogP contribution in [0, 0.1) is 0 Å². The first-order chi connectivity index (χ1) is 11.6. The summed E-state index contributed by atoms with van der Waals surface area (Å²) >= 11 is 6.08. The molecule has 0 unspecified atom stereocenters. The molecule has 0 aliphatic carbocycles. The van der Waals surface area contributed by atoms with E-state index in [1.165, 1.54) is 0 Å². The lowest BCUT2D eigenvalue weighted by atomic mass is 10.1. The van der Waals surface area contributed by atoms with E-state index in [0.29, 0.717) is 29.4 Å². The number of aryl methyl sites for hydroxylation is 1. The summed E-state index contributed by atoms with van der Waals surface area (Å²) in [6, 6.07) is 12.8. The summed E-state index contributed by atoms with van der Waals surface area (Å²) in [4.78, 5) is 14.3. The van der Waals surface area contributed by atoms with E-state index >= 15 is 0 Å². The van der Waals surface area contributed by atoms with Crippen molar-refractivity contribution in [1.29, 1.82) is 0 Å². The zero-order valence-corrected chi connectivity index (χ0v) is 13.8. The highest BCUT2D eigenvalue weighted by atomic mass is 35.5. The monoisotopic (exact) mass is 342 g/mol. The molecule has 0 N–H and O–H groups in total. The highest BCUT2D eigenvalue weighted by Gasteiger charge is 2.33. The van der Waals surface area contributed by atoms with E-state index in [1.54, 1.807) is 28.8 Å². The van der Waals surface area contributed by atoms with Crippen LogP contribution in [-0.2, 0) is 7.05 Å². The maximum absolute atomic E-state index is 12.6. The second-order valence-corrected chi connectivity index (χ2v) is 6.20. The number of carbonyl (C=O) groups is 1. The van der Waals surface area contributed by atoms with E-state index in [-0.39, 0.29) is 12.0 Å². The smallest absolute Gasteiger partial charge is 0.254 e. The molecule has 3 aromatic rings. The predicted molar refractivity (Wildman–Crippen MR) is 90.3 cm³/mol. The summed E-state index contributed by atoms with van der Waals surface area (Å²) in [5.41, 5.74) is 2.24. The van der Waals surface area contributed by atoms with Gasteiger partial charge < -0.3 is 9.64 Å². The number of amides is 1. The number of nitrogens with zero attached hydrogens (tertiary/aromatic N) is 4.